The van der Waals surface area contributed by atoms with Gasteiger partial charge in [0.25, 0.3) is 0 Å². The molecule has 1 fully saturated rings. The van der Waals surface area contributed by atoms with Crippen LogP contribution in [0.25, 0.3) is 54.6 Å². The molecule has 6 aromatic carbocycles. The average Bonchev–Trinajstić information content (AvgIpc) is 3.17. The van der Waals surface area contributed by atoms with Gasteiger partial charge in [-0.2, -0.15) is 0 Å². The smallest absolute Gasteiger partial charge is 0.399 e. The van der Waals surface area contributed by atoms with Crippen LogP contribution in [0.1, 0.15) is 27.7 Å². The van der Waals surface area contributed by atoms with Gasteiger partial charge in [-0.25, -0.2) is 0 Å². The van der Waals surface area contributed by atoms with Gasteiger partial charge in [0, 0.05) is 0 Å². The lowest BCUT2D eigenvalue weighted by atomic mass is 9.78. The van der Waals surface area contributed by atoms with Crippen molar-refractivity contribution in [1.82, 2.24) is 0 Å². The lowest BCUT2D eigenvalue weighted by Gasteiger charge is -2.32. The van der Waals surface area contributed by atoms with Crippen LogP contribution in [0.15, 0.2) is 115 Å². The Hall–Kier alpha value is -3.92. The molecule has 0 unspecified atom stereocenters. The minimum Gasteiger partial charge on any atom is -0.399 e. The van der Waals surface area contributed by atoms with E-state index in [4.69, 9.17) is 9.31 Å². The summed E-state index contributed by atoms with van der Waals surface area (Å²) in [6.45, 7) is 8.37. The highest BCUT2D eigenvalue weighted by Gasteiger charge is 2.51. The van der Waals surface area contributed by atoms with Crippen LogP contribution in [0.3, 0.4) is 0 Å². The fourth-order valence-corrected chi connectivity index (χ4v) is 5.54. The second kappa shape index (κ2) is 8.81. The molecule has 0 saturated carbocycles. The summed E-state index contributed by atoms with van der Waals surface area (Å²) in [7, 11) is -0.348. The highest BCUT2D eigenvalue weighted by molar-refractivity contribution is 6.62. The van der Waals surface area contributed by atoms with Crippen LogP contribution in [0.2, 0.25) is 0 Å². The first-order valence-corrected chi connectivity index (χ1v) is 13.7. The van der Waals surface area contributed by atoms with Crippen molar-refractivity contribution in [2.24, 2.45) is 0 Å². The van der Waals surface area contributed by atoms with Crippen LogP contribution in [-0.2, 0) is 9.31 Å². The second-order valence-corrected chi connectivity index (χ2v) is 11.7. The first-order valence-electron chi connectivity index (χ1n) is 13.7. The van der Waals surface area contributed by atoms with Gasteiger partial charge in [0.05, 0.1) is 11.2 Å². The largest absolute Gasteiger partial charge is 0.494 e. The third-order valence-electron chi connectivity index (χ3n) is 8.65. The van der Waals surface area contributed by atoms with E-state index in [9.17, 15) is 0 Å². The van der Waals surface area contributed by atoms with Gasteiger partial charge >= 0.3 is 7.12 Å². The molecule has 1 heterocycles. The van der Waals surface area contributed by atoms with E-state index in [0.29, 0.717) is 0 Å². The highest BCUT2D eigenvalue weighted by Crippen LogP contribution is 2.37. The predicted octanol–water partition coefficient (Wildman–Crippen LogP) is 8.78. The SMILES string of the molecule is CC1(C)OB(c2ccc3cc(-c4ccc5cc(-c6ccc7ccccc7c6)ccc5c4)ccc3c2)OC1(C)C. The quantitative estimate of drug-likeness (QED) is 0.223. The Kier molecular flexibility index (Phi) is 5.45. The Labute approximate surface area is 230 Å². The van der Waals surface area contributed by atoms with E-state index in [1.54, 1.807) is 0 Å². The normalized spacial score (nSPS) is 16.4. The molecule has 0 bridgehead atoms. The summed E-state index contributed by atoms with van der Waals surface area (Å²) >= 11 is 0. The van der Waals surface area contributed by atoms with Crippen LogP contribution >= 0.6 is 0 Å². The Morgan fingerprint density at radius 1 is 0.410 bits per heavy atom. The monoisotopic (exact) mass is 506 g/mol. The molecule has 0 N–H and O–H groups in total. The molecule has 0 aliphatic carbocycles. The lowest BCUT2D eigenvalue weighted by molar-refractivity contribution is 0.00578. The molecule has 7 rings (SSSR count). The molecule has 0 spiro atoms. The number of benzene rings is 6. The van der Waals surface area contributed by atoms with Gasteiger partial charge in [-0.15, -0.1) is 0 Å². The molecule has 190 valence electrons. The molecule has 0 radical (unpaired) electrons. The van der Waals surface area contributed by atoms with Crippen molar-refractivity contribution in [3.05, 3.63) is 115 Å². The molecule has 0 atom stereocenters. The van der Waals surface area contributed by atoms with Gasteiger partial charge in [-0.1, -0.05) is 91.0 Å². The third kappa shape index (κ3) is 4.23. The van der Waals surface area contributed by atoms with Crippen LogP contribution in [-0.4, -0.2) is 18.3 Å². The minimum atomic E-state index is -0.348. The van der Waals surface area contributed by atoms with E-state index in [0.717, 1.165) is 5.46 Å². The summed E-state index contributed by atoms with van der Waals surface area (Å²) in [4.78, 5) is 0. The summed E-state index contributed by atoms with van der Waals surface area (Å²) < 4.78 is 12.5. The summed E-state index contributed by atoms with van der Waals surface area (Å²) in [6.07, 6.45) is 0. The molecule has 39 heavy (non-hydrogen) atoms. The topological polar surface area (TPSA) is 18.5 Å². The number of rotatable bonds is 3. The van der Waals surface area contributed by atoms with Crippen molar-refractivity contribution >= 4 is 44.9 Å². The molecule has 1 aliphatic rings. The van der Waals surface area contributed by atoms with Crippen LogP contribution in [0, 0.1) is 0 Å². The summed E-state index contributed by atoms with van der Waals surface area (Å²) in [5, 5.41) is 7.42. The maximum absolute atomic E-state index is 6.27. The molecule has 2 nitrogen and oxygen atoms in total. The standard InChI is InChI=1S/C36H31BO2/c1-35(2)36(3,4)39-37(38-35)34-18-17-32-22-31(15-16-33(32)23-34)30-14-13-28-20-27(11-12-29(28)21-30)26-10-9-24-7-5-6-8-25(24)19-26/h5-23H,1-4H3. The molecular weight excluding hydrogens is 475 g/mol. The second-order valence-electron chi connectivity index (χ2n) is 11.7. The van der Waals surface area contributed by atoms with Gasteiger partial charge in [-0.05, 0) is 112 Å². The predicted molar refractivity (Wildman–Crippen MR) is 166 cm³/mol. The van der Waals surface area contributed by atoms with Crippen LogP contribution in [0.4, 0.5) is 0 Å². The summed E-state index contributed by atoms with van der Waals surface area (Å²) in [6, 6.07) is 41.9. The van der Waals surface area contributed by atoms with Gasteiger partial charge in [0.15, 0.2) is 0 Å². The van der Waals surface area contributed by atoms with Gasteiger partial charge in [0.2, 0.25) is 0 Å². The lowest BCUT2D eigenvalue weighted by Crippen LogP contribution is -2.41. The molecule has 3 heteroatoms. The summed E-state index contributed by atoms with van der Waals surface area (Å²) in [5.74, 6) is 0. The fraction of sp³-hybridized carbons (Fsp3) is 0.167. The molecule has 0 aromatic heterocycles. The van der Waals surface area contributed by atoms with E-state index in [2.05, 4.69) is 143 Å². The molecular formula is C36H31BO2. The zero-order chi connectivity index (χ0) is 26.8. The van der Waals surface area contributed by atoms with Crippen molar-refractivity contribution in [3.8, 4) is 22.3 Å². The van der Waals surface area contributed by atoms with Crippen LogP contribution < -0.4 is 5.46 Å². The van der Waals surface area contributed by atoms with Crippen molar-refractivity contribution < 1.29 is 9.31 Å². The Morgan fingerprint density at radius 2 is 0.769 bits per heavy atom. The molecule has 0 amide bonds. The molecule has 1 aliphatic heterocycles. The maximum Gasteiger partial charge on any atom is 0.494 e. The van der Waals surface area contributed by atoms with Crippen molar-refractivity contribution in [1.29, 1.82) is 0 Å². The van der Waals surface area contributed by atoms with E-state index >= 15 is 0 Å². The molecule has 1 saturated heterocycles. The van der Waals surface area contributed by atoms with E-state index in [1.165, 1.54) is 54.6 Å². The third-order valence-corrected chi connectivity index (χ3v) is 8.65. The minimum absolute atomic E-state index is 0.344. The van der Waals surface area contributed by atoms with Gasteiger partial charge in [-0.3, -0.25) is 0 Å². The molecule has 6 aromatic rings. The van der Waals surface area contributed by atoms with Gasteiger partial charge in [0.1, 0.15) is 0 Å². The number of fused-ring (bicyclic) bond motifs is 3. The fourth-order valence-electron chi connectivity index (χ4n) is 5.54. The van der Waals surface area contributed by atoms with Crippen molar-refractivity contribution in [3.63, 3.8) is 0 Å². The van der Waals surface area contributed by atoms with Crippen molar-refractivity contribution in [2.75, 3.05) is 0 Å². The van der Waals surface area contributed by atoms with Crippen molar-refractivity contribution in [2.45, 2.75) is 38.9 Å². The Bertz CT molecular complexity index is 1870. The van der Waals surface area contributed by atoms with E-state index < -0.39 is 0 Å². The Morgan fingerprint density at radius 3 is 1.26 bits per heavy atom. The van der Waals surface area contributed by atoms with Crippen LogP contribution in [0.5, 0.6) is 0 Å². The number of hydrogen-bond acceptors (Lipinski definition) is 2. The first kappa shape index (κ1) is 24.1. The zero-order valence-electron chi connectivity index (χ0n) is 22.9. The number of hydrogen-bond donors (Lipinski definition) is 0. The summed E-state index contributed by atoms with van der Waals surface area (Å²) in [5.41, 5.74) is 5.29. The van der Waals surface area contributed by atoms with Gasteiger partial charge < -0.3 is 9.31 Å². The highest BCUT2D eigenvalue weighted by atomic mass is 16.7. The average molecular weight is 506 g/mol. The first-order chi connectivity index (χ1) is 18.8. The zero-order valence-corrected chi connectivity index (χ0v) is 22.9. The Balaban J connectivity index is 1.18. The van der Waals surface area contributed by atoms with E-state index in [-0.39, 0.29) is 18.3 Å². The van der Waals surface area contributed by atoms with E-state index in [1.807, 2.05) is 0 Å². The maximum atomic E-state index is 6.27.